The summed E-state index contributed by atoms with van der Waals surface area (Å²) in [7, 11) is 0. The second-order valence-corrected chi connectivity index (χ2v) is 8.30. The first-order chi connectivity index (χ1) is 13.6. The van der Waals surface area contributed by atoms with Crippen LogP contribution in [0.3, 0.4) is 0 Å². The lowest BCUT2D eigenvalue weighted by Crippen LogP contribution is -2.10. The number of rotatable bonds is 5. The highest BCUT2D eigenvalue weighted by molar-refractivity contribution is 6.02. The Labute approximate surface area is 182 Å². The van der Waals surface area contributed by atoms with Crippen LogP contribution in [0.4, 0.5) is 4.39 Å². The summed E-state index contributed by atoms with van der Waals surface area (Å²) in [6, 6.07) is 13.2. The summed E-state index contributed by atoms with van der Waals surface area (Å²) in [5.74, 6) is -1.30. The molecule has 0 unspecified atom stereocenters. The predicted octanol–water partition coefficient (Wildman–Crippen LogP) is 5.85. The maximum Gasteiger partial charge on any atom is 0.335 e. The van der Waals surface area contributed by atoms with Gasteiger partial charge >= 0.3 is 5.97 Å². The number of hydrogen-bond acceptors (Lipinski definition) is 2. The average molecular weight is 431 g/mol. The molecule has 6 heteroatoms. The van der Waals surface area contributed by atoms with Crippen LogP contribution in [0.5, 0.6) is 0 Å². The topological polar surface area (TPSA) is 68.2 Å². The smallest absolute Gasteiger partial charge is 0.335 e. The number of carboxylic acid groups (broad SMARTS) is 1. The maximum absolute atomic E-state index is 14.3. The third-order valence-corrected chi connectivity index (χ3v) is 5.24. The van der Waals surface area contributed by atoms with Gasteiger partial charge < -0.3 is 15.4 Å². The fourth-order valence-electron chi connectivity index (χ4n) is 3.67. The van der Waals surface area contributed by atoms with Gasteiger partial charge in [-0.2, -0.15) is 0 Å². The van der Waals surface area contributed by atoms with Crippen LogP contribution in [0, 0.1) is 6.92 Å². The highest BCUT2D eigenvalue weighted by Gasteiger charge is 2.20. The maximum atomic E-state index is 14.3. The summed E-state index contributed by atoms with van der Waals surface area (Å²) in [5, 5.41) is 10.3. The molecule has 1 aromatic heterocycles. The van der Waals surface area contributed by atoms with Gasteiger partial charge in [-0.1, -0.05) is 45.0 Å². The Morgan fingerprint density at radius 2 is 1.90 bits per heavy atom. The van der Waals surface area contributed by atoms with Gasteiger partial charge in [0.15, 0.2) is 0 Å². The van der Waals surface area contributed by atoms with Gasteiger partial charge in [-0.15, -0.1) is 12.4 Å². The van der Waals surface area contributed by atoms with Crippen molar-refractivity contribution in [1.29, 1.82) is 0 Å². The molecular weight excluding hydrogens is 403 g/mol. The molecule has 160 valence electrons. The normalized spacial score (nSPS) is 12.1. The molecule has 3 aromatic rings. The van der Waals surface area contributed by atoms with Crippen molar-refractivity contribution in [2.75, 3.05) is 6.54 Å². The Hall–Kier alpha value is -2.63. The number of allylic oxidation sites excluding steroid dienone is 1. The molecule has 0 amide bonds. The van der Waals surface area contributed by atoms with Crippen LogP contribution in [-0.2, 0) is 12.0 Å². The van der Waals surface area contributed by atoms with E-state index in [0.29, 0.717) is 0 Å². The molecule has 4 nitrogen and oxygen atoms in total. The largest absolute Gasteiger partial charge is 0.478 e. The van der Waals surface area contributed by atoms with Gasteiger partial charge in [0.1, 0.15) is 5.83 Å². The lowest BCUT2D eigenvalue weighted by atomic mass is 9.85. The SMILES string of the molecule is Cc1c(-c2cccc(C(C)(C)C)c2)c2cc(C(=O)O)ccc2n1C/C(F)=C/CN.Cl. The minimum Gasteiger partial charge on any atom is -0.478 e. The van der Waals surface area contributed by atoms with E-state index < -0.39 is 5.97 Å². The quantitative estimate of drug-likeness (QED) is 0.533. The number of halogens is 2. The number of carboxylic acids is 1. The van der Waals surface area contributed by atoms with Crippen molar-refractivity contribution in [2.45, 2.75) is 39.7 Å². The standard InChI is InChI=1S/C24H27FN2O2.ClH/c1-15-22(16-6-5-7-18(12-16)24(2,3)4)20-13-17(23(28)29)8-9-21(20)27(15)14-19(25)10-11-26;/h5-10,12-13H,11,14,26H2,1-4H3,(H,28,29);1H/b19-10-;. The number of aromatic carboxylic acids is 1. The number of carbonyl (C=O) groups is 1. The minimum atomic E-state index is -0.985. The second-order valence-electron chi connectivity index (χ2n) is 8.30. The van der Waals surface area contributed by atoms with Gasteiger partial charge in [-0.25, -0.2) is 9.18 Å². The van der Waals surface area contributed by atoms with Crippen molar-refractivity contribution in [3.05, 3.63) is 71.2 Å². The summed E-state index contributed by atoms with van der Waals surface area (Å²) in [6.07, 6.45) is 1.36. The summed E-state index contributed by atoms with van der Waals surface area (Å²) in [5.41, 5.74) is 10.4. The first-order valence-electron chi connectivity index (χ1n) is 9.65. The zero-order valence-electron chi connectivity index (χ0n) is 17.7. The van der Waals surface area contributed by atoms with Gasteiger partial charge in [0.25, 0.3) is 0 Å². The molecule has 0 saturated carbocycles. The summed E-state index contributed by atoms with van der Waals surface area (Å²) in [4.78, 5) is 11.5. The van der Waals surface area contributed by atoms with Crippen LogP contribution < -0.4 is 5.73 Å². The predicted molar refractivity (Wildman–Crippen MR) is 123 cm³/mol. The molecule has 0 aliphatic carbocycles. The van der Waals surface area contributed by atoms with Gasteiger partial charge in [0, 0.05) is 28.7 Å². The fraction of sp³-hybridized carbons (Fsp3) is 0.292. The van der Waals surface area contributed by atoms with E-state index in [1.54, 1.807) is 18.2 Å². The minimum absolute atomic E-state index is 0. The summed E-state index contributed by atoms with van der Waals surface area (Å²) < 4.78 is 16.2. The molecular formula is C24H28ClFN2O2. The first-order valence-corrected chi connectivity index (χ1v) is 9.65. The zero-order valence-corrected chi connectivity index (χ0v) is 18.5. The van der Waals surface area contributed by atoms with Crippen molar-refractivity contribution in [1.82, 2.24) is 4.57 Å². The van der Waals surface area contributed by atoms with Gasteiger partial charge in [-0.05, 0) is 47.7 Å². The first kappa shape index (κ1) is 23.6. The van der Waals surface area contributed by atoms with Gasteiger partial charge in [-0.3, -0.25) is 0 Å². The lowest BCUT2D eigenvalue weighted by molar-refractivity contribution is 0.0697. The molecule has 2 aromatic carbocycles. The van der Waals surface area contributed by atoms with Crippen molar-refractivity contribution in [3.63, 3.8) is 0 Å². The van der Waals surface area contributed by atoms with Crippen LogP contribution >= 0.6 is 12.4 Å². The van der Waals surface area contributed by atoms with Gasteiger partial charge in [0.2, 0.25) is 0 Å². The highest BCUT2D eigenvalue weighted by Crippen LogP contribution is 2.37. The van der Waals surface area contributed by atoms with Crippen LogP contribution in [-0.4, -0.2) is 22.2 Å². The van der Waals surface area contributed by atoms with Crippen LogP contribution in [0.1, 0.15) is 42.4 Å². The van der Waals surface area contributed by atoms with Crippen molar-refractivity contribution in [3.8, 4) is 11.1 Å². The molecule has 0 aliphatic heterocycles. The molecule has 0 atom stereocenters. The number of nitrogens with two attached hydrogens (primary N) is 1. The van der Waals surface area contributed by atoms with Gasteiger partial charge in [0.05, 0.1) is 12.1 Å². The number of aromatic nitrogens is 1. The number of fused-ring (bicyclic) bond motifs is 1. The molecule has 0 fully saturated rings. The fourth-order valence-corrected chi connectivity index (χ4v) is 3.67. The third-order valence-electron chi connectivity index (χ3n) is 5.24. The third kappa shape index (κ3) is 4.58. The van der Waals surface area contributed by atoms with Crippen molar-refractivity contribution >= 4 is 29.3 Å². The van der Waals surface area contributed by atoms with E-state index in [1.165, 1.54) is 11.6 Å². The number of nitrogens with zero attached hydrogens (tertiary/aromatic N) is 1. The molecule has 1 heterocycles. The molecule has 0 saturated heterocycles. The highest BCUT2D eigenvalue weighted by atomic mass is 35.5. The second kappa shape index (κ2) is 9.02. The molecule has 3 rings (SSSR count). The molecule has 0 radical (unpaired) electrons. The van der Waals surface area contributed by atoms with E-state index in [4.69, 9.17) is 5.73 Å². The Bertz CT molecular complexity index is 1110. The van der Waals surface area contributed by atoms with E-state index in [9.17, 15) is 14.3 Å². The van der Waals surface area contributed by atoms with Crippen molar-refractivity contribution < 1.29 is 14.3 Å². The molecule has 0 spiro atoms. The molecule has 3 N–H and O–H groups in total. The van der Waals surface area contributed by atoms with Crippen LogP contribution in [0.25, 0.3) is 22.0 Å². The Morgan fingerprint density at radius 3 is 2.50 bits per heavy atom. The summed E-state index contributed by atoms with van der Waals surface area (Å²) >= 11 is 0. The number of benzene rings is 2. The molecule has 30 heavy (non-hydrogen) atoms. The number of hydrogen-bond donors (Lipinski definition) is 2. The zero-order chi connectivity index (χ0) is 21.3. The van der Waals surface area contributed by atoms with Crippen molar-refractivity contribution in [2.24, 2.45) is 5.73 Å². The Kier molecular flexibility index (Phi) is 7.11. The van der Waals surface area contributed by atoms with E-state index in [2.05, 4.69) is 32.9 Å². The van der Waals surface area contributed by atoms with Crippen LogP contribution in [0.2, 0.25) is 0 Å². The average Bonchev–Trinajstić information content (AvgIpc) is 2.92. The Balaban J connectivity index is 0.00000320. The lowest BCUT2D eigenvalue weighted by Gasteiger charge is -2.20. The van der Waals surface area contributed by atoms with E-state index >= 15 is 0 Å². The van der Waals surface area contributed by atoms with E-state index in [0.717, 1.165) is 27.7 Å². The molecule has 0 bridgehead atoms. The Morgan fingerprint density at radius 1 is 1.20 bits per heavy atom. The monoisotopic (exact) mass is 430 g/mol. The van der Waals surface area contributed by atoms with E-state index in [1.807, 2.05) is 23.6 Å². The molecule has 0 aliphatic rings. The van der Waals surface area contributed by atoms with Crippen LogP contribution in [0.15, 0.2) is 54.4 Å². The van der Waals surface area contributed by atoms with E-state index in [-0.39, 0.29) is 42.3 Å². The summed E-state index contributed by atoms with van der Waals surface area (Å²) in [6.45, 7) is 8.58.